The summed E-state index contributed by atoms with van der Waals surface area (Å²) >= 11 is 0. The second-order valence-electron chi connectivity index (χ2n) is 3.40. The van der Waals surface area contributed by atoms with Crippen LogP contribution in [-0.4, -0.2) is 30.6 Å². The van der Waals surface area contributed by atoms with E-state index < -0.39 is 0 Å². The molecule has 1 atom stereocenters. The fourth-order valence-corrected chi connectivity index (χ4v) is 1.63. The van der Waals surface area contributed by atoms with Gasteiger partial charge in [0.25, 0.3) is 0 Å². The van der Waals surface area contributed by atoms with Gasteiger partial charge < -0.3 is 4.74 Å². The van der Waals surface area contributed by atoms with E-state index in [0.29, 0.717) is 0 Å². The van der Waals surface area contributed by atoms with Crippen molar-refractivity contribution in [1.82, 2.24) is 10.4 Å². The van der Waals surface area contributed by atoms with Crippen molar-refractivity contribution in [3.05, 3.63) is 24.6 Å². The van der Waals surface area contributed by atoms with Crippen molar-refractivity contribution in [2.24, 2.45) is 4.99 Å². The van der Waals surface area contributed by atoms with Crippen molar-refractivity contribution < 1.29 is 4.74 Å². The van der Waals surface area contributed by atoms with Gasteiger partial charge in [0.15, 0.2) is 0 Å². The number of rotatable bonds is 3. The molecule has 1 fully saturated rings. The van der Waals surface area contributed by atoms with Crippen LogP contribution < -0.4 is 5.43 Å². The van der Waals surface area contributed by atoms with Crippen LogP contribution in [0.3, 0.4) is 0 Å². The van der Waals surface area contributed by atoms with Gasteiger partial charge in [0.05, 0.1) is 18.4 Å². The number of hydrazine groups is 1. The summed E-state index contributed by atoms with van der Waals surface area (Å²) in [6.07, 6.45) is 7.82. The van der Waals surface area contributed by atoms with Crippen LogP contribution >= 0.6 is 0 Å². The van der Waals surface area contributed by atoms with Crippen LogP contribution in [0.15, 0.2) is 29.5 Å². The number of hydrogen-bond donors (Lipinski definition) is 1. The zero-order chi connectivity index (χ0) is 9.80. The van der Waals surface area contributed by atoms with Gasteiger partial charge in [-0.2, -0.15) is 0 Å². The molecule has 4 nitrogen and oxygen atoms in total. The molecule has 2 rings (SSSR count). The Balaban J connectivity index is 1.96. The minimum atomic E-state index is 0.194. The van der Waals surface area contributed by atoms with Crippen LogP contribution in [-0.2, 0) is 4.74 Å². The molecule has 0 aromatic carbocycles. The highest BCUT2D eigenvalue weighted by atomic mass is 16.5. The van der Waals surface area contributed by atoms with Crippen molar-refractivity contribution >= 4 is 6.34 Å². The summed E-state index contributed by atoms with van der Waals surface area (Å²) in [5, 5.41) is 1.89. The standard InChI is InChI=1S/C10H15N3O/c1-2-5-13-8-11-7-9(12-13)10-4-3-6-14-10/h2,7-8,10,12H,1,3-6H2. The molecule has 76 valence electrons. The van der Waals surface area contributed by atoms with E-state index in [1.807, 2.05) is 17.3 Å². The van der Waals surface area contributed by atoms with Gasteiger partial charge in [0.1, 0.15) is 12.4 Å². The van der Waals surface area contributed by atoms with Crippen LogP contribution in [0, 0.1) is 0 Å². The smallest absolute Gasteiger partial charge is 0.110 e. The van der Waals surface area contributed by atoms with Crippen LogP contribution in [0.4, 0.5) is 0 Å². The largest absolute Gasteiger partial charge is 0.372 e. The van der Waals surface area contributed by atoms with Gasteiger partial charge in [0.2, 0.25) is 0 Å². The Hall–Kier alpha value is -1.29. The second-order valence-corrected chi connectivity index (χ2v) is 3.40. The van der Waals surface area contributed by atoms with E-state index >= 15 is 0 Å². The molecule has 0 aliphatic carbocycles. The summed E-state index contributed by atoms with van der Waals surface area (Å²) in [5.41, 5.74) is 4.29. The third-order valence-corrected chi connectivity index (χ3v) is 2.29. The zero-order valence-electron chi connectivity index (χ0n) is 8.15. The Kier molecular flexibility index (Phi) is 2.84. The Morgan fingerprint density at radius 3 is 3.43 bits per heavy atom. The lowest BCUT2D eigenvalue weighted by Crippen LogP contribution is -2.41. The van der Waals surface area contributed by atoms with Crippen molar-refractivity contribution in [2.75, 3.05) is 13.2 Å². The first-order valence-electron chi connectivity index (χ1n) is 4.89. The topological polar surface area (TPSA) is 36.9 Å². The van der Waals surface area contributed by atoms with Crippen LogP contribution in [0.1, 0.15) is 12.8 Å². The molecule has 0 radical (unpaired) electrons. The monoisotopic (exact) mass is 193 g/mol. The molecule has 0 amide bonds. The first-order chi connectivity index (χ1) is 6.90. The summed E-state index contributed by atoms with van der Waals surface area (Å²) in [5.74, 6) is 0. The number of nitrogens with one attached hydrogen (secondary N) is 1. The van der Waals surface area contributed by atoms with Crippen LogP contribution in [0.2, 0.25) is 0 Å². The van der Waals surface area contributed by atoms with Gasteiger partial charge in [-0.25, -0.2) is 4.99 Å². The molecule has 2 aliphatic rings. The van der Waals surface area contributed by atoms with E-state index in [0.717, 1.165) is 31.7 Å². The maximum atomic E-state index is 5.56. The number of ether oxygens (including phenoxy) is 1. The summed E-state index contributed by atoms with van der Waals surface area (Å²) in [6, 6.07) is 0. The molecule has 1 unspecified atom stereocenters. The van der Waals surface area contributed by atoms with Gasteiger partial charge in [-0.05, 0) is 12.8 Å². The highest BCUT2D eigenvalue weighted by Gasteiger charge is 2.22. The minimum absolute atomic E-state index is 0.194. The highest BCUT2D eigenvalue weighted by Crippen LogP contribution is 2.19. The first kappa shape index (κ1) is 9.27. The van der Waals surface area contributed by atoms with Crippen molar-refractivity contribution in [3.63, 3.8) is 0 Å². The van der Waals surface area contributed by atoms with Crippen molar-refractivity contribution in [2.45, 2.75) is 18.9 Å². The molecule has 14 heavy (non-hydrogen) atoms. The first-order valence-corrected chi connectivity index (χ1v) is 4.89. The normalized spacial score (nSPS) is 25.9. The average molecular weight is 193 g/mol. The predicted molar refractivity (Wildman–Crippen MR) is 55.6 cm³/mol. The Bertz CT molecular complexity index is 267. The molecular weight excluding hydrogens is 178 g/mol. The molecule has 2 heterocycles. The van der Waals surface area contributed by atoms with Gasteiger partial charge in [-0.15, -0.1) is 6.58 Å². The SMILES string of the molecule is C=CCN1C=NC=C(C2CCCO2)N1. The van der Waals surface area contributed by atoms with Crippen molar-refractivity contribution in [1.29, 1.82) is 0 Å². The average Bonchev–Trinajstić information content (AvgIpc) is 2.71. The molecule has 1 saturated heterocycles. The third-order valence-electron chi connectivity index (χ3n) is 2.29. The fraction of sp³-hybridized carbons (Fsp3) is 0.500. The maximum Gasteiger partial charge on any atom is 0.110 e. The molecule has 0 spiro atoms. The second kappa shape index (κ2) is 4.28. The summed E-state index contributed by atoms with van der Waals surface area (Å²) < 4.78 is 5.56. The quantitative estimate of drug-likeness (QED) is 0.680. The summed E-state index contributed by atoms with van der Waals surface area (Å²) in [4.78, 5) is 4.15. The molecule has 0 saturated carbocycles. The Morgan fingerprint density at radius 2 is 2.71 bits per heavy atom. The molecule has 0 aromatic rings. The zero-order valence-corrected chi connectivity index (χ0v) is 8.15. The lowest BCUT2D eigenvalue weighted by molar-refractivity contribution is 0.122. The summed E-state index contributed by atoms with van der Waals surface area (Å²) in [7, 11) is 0. The van der Waals surface area contributed by atoms with Crippen molar-refractivity contribution in [3.8, 4) is 0 Å². The molecule has 0 bridgehead atoms. The lowest BCUT2D eigenvalue weighted by atomic mass is 10.2. The van der Waals surface area contributed by atoms with E-state index in [4.69, 9.17) is 4.74 Å². The summed E-state index contributed by atoms with van der Waals surface area (Å²) in [6.45, 7) is 5.28. The number of aliphatic imine (C=N–C) groups is 1. The molecule has 0 aromatic heterocycles. The third kappa shape index (κ3) is 1.96. The maximum absolute atomic E-state index is 5.56. The minimum Gasteiger partial charge on any atom is -0.372 e. The highest BCUT2D eigenvalue weighted by molar-refractivity contribution is 5.57. The van der Waals surface area contributed by atoms with E-state index in [2.05, 4.69) is 17.0 Å². The van der Waals surface area contributed by atoms with Gasteiger partial charge in [0, 0.05) is 6.61 Å². The van der Waals surface area contributed by atoms with E-state index in [9.17, 15) is 0 Å². The van der Waals surface area contributed by atoms with Gasteiger partial charge >= 0.3 is 0 Å². The molecule has 1 N–H and O–H groups in total. The molecule has 2 aliphatic heterocycles. The van der Waals surface area contributed by atoms with Gasteiger partial charge in [-0.3, -0.25) is 10.4 Å². The van der Waals surface area contributed by atoms with E-state index in [-0.39, 0.29) is 6.10 Å². The molecular formula is C10H15N3O. The Morgan fingerprint density at radius 1 is 1.79 bits per heavy atom. The predicted octanol–water partition coefficient (Wildman–Crippen LogP) is 1.04. The van der Waals surface area contributed by atoms with Crippen LogP contribution in [0.5, 0.6) is 0 Å². The number of hydrogen-bond acceptors (Lipinski definition) is 4. The Labute approximate surface area is 83.9 Å². The number of nitrogens with zero attached hydrogens (tertiary/aromatic N) is 2. The fourth-order valence-electron chi connectivity index (χ4n) is 1.63. The van der Waals surface area contributed by atoms with E-state index in [1.165, 1.54) is 0 Å². The molecule has 4 heteroatoms. The van der Waals surface area contributed by atoms with Gasteiger partial charge in [-0.1, -0.05) is 6.08 Å². The van der Waals surface area contributed by atoms with E-state index in [1.54, 1.807) is 6.34 Å². The lowest BCUT2D eigenvalue weighted by Gasteiger charge is -2.26. The van der Waals surface area contributed by atoms with Crippen LogP contribution in [0.25, 0.3) is 0 Å².